The fourth-order valence-corrected chi connectivity index (χ4v) is 3.08. The Kier molecular flexibility index (Phi) is 5.82. The topological polar surface area (TPSA) is 47.5 Å². The highest BCUT2D eigenvalue weighted by atomic mass is 19.1. The molecular formula is C21H28FN3O2. The van der Waals surface area contributed by atoms with Crippen LogP contribution in [0.2, 0.25) is 0 Å². The van der Waals surface area contributed by atoms with E-state index in [0.29, 0.717) is 24.2 Å². The van der Waals surface area contributed by atoms with Gasteiger partial charge in [-0.2, -0.15) is 0 Å². The average molecular weight is 373 g/mol. The van der Waals surface area contributed by atoms with E-state index < -0.39 is 0 Å². The molecule has 0 aliphatic carbocycles. The van der Waals surface area contributed by atoms with Crippen LogP contribution >= 0.6 is 0 Å². The summed E-state index contributed by atoms with van der Waals surface area (Å²) >= 11 is 0. The highest BCUT2D eigenvalue weighted by molar-refractivity contribution is 5.49. The average Bonchev–Trinajstić information content (AvgIpc) is 2.62. The van der Waals surface area contributed by atoms with Crippen LogP contribution in [-0.4, -0.2) is 35.3 Å². The molecule has 2 heterocycles. The van der Waals surface area contributed by atoms with Gasteiger partial charge in [-0.3, -0.25) is 0 Å². The number of aryl methyl sites for hydroxylation is 1. The molecule has 27 heavy (non-hydrogen) atoms. The van der Waals surface area contributed by atoms with Crippen molar-refractivity contribution in [1.82, 2.24) is 9.97 Å². The minimum atomic E-state index is -0.319. The maximum Gasteiger partial charge on any atom is 0.258 e. The number of nitrogens with zero attached hydrogens (tertiary/aromatic N) is 3. The van der Waals surface area contributed by atoms with E-state index in [0.717, 1.165) is 37.4 Å². The SMILES string of the molecule is Cc1cnc(OC(C)(C)C)c(N2CCC(COc3ccc(F)cc3)CC2)n1. The van der Waals surface area contributed by atoms with Gasteiger partial charge in [0.25, 0.3) is 5.88 Å². The molecule has 0 amide bonds. The second-order valence-electron chi connectivity index (χ2n) is 8.05. The van der Waals surface area contributed by atoms with Crippen molar-refractivity contribution in [2.45, 2.75) is 46.1 Å². The first-order valence-electron chi connectivity index (χ1n) is 9.46. The van der Waals surface area contributed by atoms with Gasteiger partial charge in [0.2, 0.25) is 0 Å². The van der Waals surface area contributed by atoms with Gasteiger partial charge in [0.15, 0.2) is 5.82 Å². The van der Waals surface area contributed by atoms with Gasteiger partial charge in [0, 0.05) is 13.1 Å². The van der Waals surface area contributed by atoms with Crippen LogP contribution in [0.3, 0.4) is 0 Å². The number of aromatic nitrogens is 2. The molecule has 0 N–H and O–H groups in total. The lowest BCUT2D eigenvalue weighted by atomic mass is 9.98. The van der Waals surface area contributed by atoms with Crippen molar-refractivity contribution in [3.05, 3.63) is 42.0 Å². The smallest absolute Gasteiger partial charge is 0.258 e. The van der Waals surface area contributed by atoms with Gasteiger partial charge < -0.3 is 14.4 Å². The van der Waals surface area contributed by atoms with Crippen LogP contribution in [-0.2, 0) is 0 Å². The van der Waals surface area contributed by atoms with Crippen molar-refractivity contribution >= 4 is 5.82 Å². The molecule has 1 fully saturated rings. The van der Waals surface area contributed by atoms with E-state index in [9.17, 15) is 4.39 Å². The Morgan fingerprint density at radius 1 is 1.15 bits per heavy atom. The number of piperidine rings is 1. The fraction of sp³-hybridized carbons (Fsp3) is 0.524. The van der Waals surface area contributed by atoms with Crippen LogP contribution in [0.4, 0.5) is 10.2 Å². The summed E-state index contributed by atoms with van der Waals surface area (Å²) in [6.45, 7) is 10.4. The normalized spacial score (nSPS) is 15.7. The quantitative estimate of drug-likeness (QED) is 0.778. The zero-order valence-corrected chi connectivity index (χ0v) is 16.5. The zero-order valence-electron chi connectivity index (χ0n) is 16.5. The lowest BCUT2D eigenvalue weighted by molar-refractivity contribution is 0.123. The molecule has 0 spiro atoms. The summed E-state index contributed by atoms with van der Waals surface area (Å²) in [5.74, 6) is 2.35. The number of hydrogen-bond acceptors (Lipinski definition) is 5. The summed E-state index contributed by atoms with van der Waals surface area (Å²) in [5, 5.41) is 0. The van der Waals surface area contributed by atoms with Gasteiger partial charge in [-0.15, -0.1) is 0 Å². The molecule has 0 bridgehead atoms. The molecule has 2 aromatic rings. The predicted octanol–water partition coefficient (Wildman–Crippen LogP) is 4.40. The standard InChI is InChI=1S/C21H28FN3O2/c1-15-13-23-20(27-21(2,3)4)19(24-15)25-11-9-16(10-12-25)14-26-18-7-5-17(22)6-8-18/h5-8,13,16H,9-12,14H2,1-4H3. The maximum absolute atomic E-state index is 13.0. The Morgan fingerprint density at radius 3 is 2.44 bits per heavy atom. The van der Waals surface area contributed by atoms with Crippen LogP contribution in [0.5, 0.6) is 11.6 Å². The van der Waals surface area contributed by atoms with Crippen LogP contribution < -0.4 is 14.4 Å². The molecule has 1 saturated heterocycles. The number of halogens is 1. The van der Waals surface area contributed by atoms with Crippen molar-refractivity contribution in [1.29, 1.82) is 0 Å². The number of benzene rings is 1. The van der Waals surface area contributed by atoms with E-state index in [-0.39, 0.29) is 11.4 Å². The first-order valence-corrected chi connectivity index (χ1v) is 9.46. The van der Waals surface area contributed by atoms with E-state index in [4.69, 9.17) is 9.47 Å². The lowest BCUT2D eigenvalue weighted by Gasteiger charge is -2.34. The Balaban J connectivity index is 1.58. The van der Waals surface area contributed by atoms with Gasteiger partial charge in [0.05, 0.1) is 18.5 Å². The van der Waals surface area contributed by atoms with Crippen LogP contribution in [0.15, 0.2) is 30.5 Å². The van der Waals surface area contributed by atoms with Crippen molar-refractivity contribution in [3.8, 4) is 11.6 Å². The number of rotatable bonds is 5. The number of anilines is 1. The molecule has 0 radical (unpaired) electrons. The molecule has 1 aromatic heterocycles. The molecular weight excluding hydrogens is 345 g/mol. The van der Waals surface area contributed by atoms with E-state index in [2.05, 4.69) is 14.9 Å². The van der Waals surface area contributed by atoms with Gasteiger partial charge in [-0.1, -0.05) is 0 Å². The fourth-order valence-electron chi connectivity index (χ4n) is 3.08. The predicted molar refractivity (Wildman–Crippen MR) is 104 cm³/mol. The van der Waals surface area contributed by atoms with Crippen molar-refractivity contribution < 1.29 is 13.9 Å². The van der Waals surface area contributed by atoms with Crippen LogP contribution in [0.25, 0.3) is 0 Å². The monoisotopic (exact) mass is 373 g/mol. The second kappa shape index (κ2) is 8.11. The first kappa shape index (κ1) is 19.4. The Morgan fingerprint density at radius 2 is 1.81 bits per heavy atom. The molecule has 3 rings (SSSR count). The molecule has 1 aliphatic rings. The molecule has 1 aromatic carbocycles. The number of ether oxygens (including phenoxy) is 2. The van der Waals surface area contributed by atoms with E-state index in [1.807, 2.05) is 27.7 Å². The lowest BCUT2D eigenvalue weighted by Crippen LogP contribution is -2.37. The van der Waals surface area contributed by atoms with Crippen LogP contribution in [0, 0.1) is 18.7 Å². The molecule has 6 heteroatoms. The minimum Gasteiger partial charge on any atom is -0.493 e. The summed E-state index contributed by atoms with van der Waals surface area (Å²) < 4.78 is 24.8. The van der Waals surface area contributed by atoms with E-state index in [1.54, 1.807) is 18.3 Å². The minimum absolute atomic E-state index is 0.247. The van der Waals surface area contributed by atoms with Crippen molar-refractivity contribution in [2.24, 2.45) is 5.92 Å². The number of hydrogen-bond donors (Lipinski definition) is 0. The van der Waals surface area contributed by atoms with Gasteiger partial charge >= 0.3 is 0 Å². The van der Waals surface area contributed by atoms with Gasteiger partial charge in [-0.25, -0.2) is 14.4 Å². The zero-order chi connectivity index (χ0) is 19.4. The summed E-state index contributed by atoms with van der Waals surface area (Å²) in [6.07, 6.45) is 3.76. The molecule has 1 aliphatic heterocycles. The molecule has 0 saturated carbocycles. The Labute approximate surface area is 160 Å². The largest absolute Gasteiger partial charge is 0.493 e. The summed E-state index contributed by atoms with van der Waals surface area (Å²) in [4.78, 5) is 11.4. The highest BCUT2D eigenvalue weighted by Crippen LogP contribution is 2.30. The van der Waals surface area contributed by atoms with Gasteiger partial charge in [-0.05, 0) is 70.7 Å². The summed E-state index contributed by atoms with van der Waals surface area (Å²) in [6, 6.07) is 6.18. The van der Waals surface area contributed by atoms with E-state index in [1.165, 1.54) is 12.1 Å². The molecule has 0 unspecified atom stereocenters. The van der Waals surface area contributed by atoms with Gasteiger partial charge in [0.1, 0.15) is 17.2 Å². The first-order chi connectivity index (χ1) is 12.8. The third-order valence-corrected chi connectivity index (χ3v) is 4.46. The third-order valence-electron chi connectivity index (χ3n) is 4.46. The maximum atomic E-state index is 13.0. The summed E-state index contributed by atoms with van der Waals surface area (Å²) in [7, 11) is 0. The van der Waals surface area contributed by atoms with Crippen LogP contribution in [0.1, 0.15) is 39.3 Å². The molecule has 0 atom stereocenters. The summed E-state index contributed by atoms with van der Waals surface area (Å²) in [5.41, 5.74) is 0.563. The third kappa shape index (κ3) is 5.55. The Hall–Kier alpha value is -2.37. The highest BCUT2D eigenvalue weighted by Gasteiger charge is 2.25. The van der Waals surface area contributed by atoms with Crippen molar-refractivity contribution in [3.63, 3.8) is 0 Å². The molecule has 146 valence electrons. The second-order valence-corrected chi connectivity index (χ2v) is 8.05. The molecule has 5 nitrogen and oxygen atoms in total. The Bertz CT molecular complexity index is 751. The van der Waals surface area contributed by atoms with Crippen molar-refractivity contribution in [2.75, 3.05) is 24.6 Å². The van der Waals surface area contributed by atoms with E-state index >= 15 is 0 Å².